The van der Waals surface area contributed by atoms with E-state index < -0.39 is 11.9 Å². The van der Waals surface area contributed by atoms with Gasteiger partial charge in [-0.2, -0.15) is 0 Å². The molecule has 0 saturated carbocycles. The van der Waals surface area contributed by atoms with Gasteiger partial charge in [0, 0.05) is 25.2 Å². The minimum Gasteiger partial charge on any atom is -0.481 e. The molecule has 2 aliphatic heterocycles. The van der Waals surface area contributed by atoms with Crippen LogP contribution >= 0.6 is 0 Å². The van der Waals surface area contributed by atoms with E-state index in [1.54, 1.807) is 0 Å². The molecule has 3 rings (SSSR count). The Bertz CT molecular complexity index is 469. The van der Waals surface area contributed by atoms with Crippen molar-refractivity contribution in [3.63, 3.8) is 0 Å². The molecule has 18 heavy (non-hydrogen) atoms. The molecule has 1 N–H and O–H groups in total. The van der Waals surface area contributed by atoms with E-state index in [9.17, 15) is 9.90 Å². The average Bonchev–Trinajstić information content (AvgIpc) is 2.93. The number of aryl methyl sites for hydroxylation is 1. The molecule has 1 aromatic rings. The van der Waals surface area contributed by atoms with Gasteiger partial charge in [-0.1, -0.05) is 0 Å². The van der Waals surface area contributed by atoms with Crippen LogP contribution in [0.15, 0.2) is 6.20 Å². The number of aliphatic carboxylic acids is 1. The van der Waals surface area contributed by atoms with E-state index in [0.29, 0.717) is 5.92 Å². The standard InChI is InChI=1S/C13H19N3O2/c1-15-6-4-9(7-15)11-8-16-5-2-3-10(13(17)18)12(16)14-11/h8-10H,2-7H2,1H3,(H,17,18). The second kappa shape index (κ2) is 4.39. The van der Waals surface area contributed by atoms with Gasteiger partial charge < -0.3 is 14.6 Å². The van der Waals surface area contributed by atoms with E-state index in [-0.39, 0.29) is 0 Å². The highest BCUT2D eigenvalue weighted by Gasteiger charge is 2.31. The Morgan fingerprint density at radius 3 is 2.94 bits per heavy atom. The Hall–Kier alpha value is -1.36. The number of hydrogen-bond donors (Lipinski definition) is 1. The van der Waals surface area contributed by atoms with Crippen molar-refractivity contribution in [3.8, 4) is 0 Å². The third-order valence-electron chi connectivity index (χ3n) is 4.14. The summed E-state index contributed by atoms with van der Waals surface area (Å²) in [4.78, 5) is 18.2. The highest BCUT2D eigenvalue weighted by molar-refractivity contribution is 5.75. The summed E-state index contributed by atoms with van der Waals surface area (Å²) in [5.74, 6) is 0.0871. The summed E-state index contributed by atoms with van der Waals surface area (Å²) in [7, 11) is 2.12. The van der Waals surface area contributed by atoms with Crippen molar-refractivity contribution in [1.29, 1.82) is 0 Å². The maximum atomic E-state index is 11.2. The Morgan fingerprint density at radius 2 is 2.28 bits per heavy atom. The van der Waals surface area contributed by atoms with Gasteiger partial charge in [-0.05, 0) is 32.9 Å². The van der Waals surface area contributed by atoms with Gasteiger partial charge in [0.05, 0.1) is 5.69 Å². The van der Waals surface area contributed by atoms with Gasteiger partial charge in [0.25, 0.3) is 0 Å². The molecule has 2 unspecified atom stereocenters. The average molecular weight is 249 g/mol. The first-order chi connectivity index (χ1) is 8.65. The van der Waals surface area contributed by atoms with Crippen LogP contribution in [0.3, 0.4) is 0 Å². The van der Waals surface area contributed by atoms with Crippen molar-refractivity contribution < 1.29 is 9.90 Å². The Kier molecular flexibility index (Phi) is 2.86. The Balaban J connectivity index is 1.89. The largest absolute Gasteiger partial charge is 0.481 e. The molecular weight excluding hydrogens is 230 g/mol. The number of aromatic nitrogens is 2. The van der Waals surface area contributed by atoms with Crippen LogP contribution in [0.4, 0.5) is 0 Å². The van der Waals surface area contributed by atoms with Gasteiger partial charge in [-0.25, -0.2) is 4.98 Å². The fourth-order valence-electron chi connectivity index (χ4n) is 3.11. The van der Waals surface area contributed by atoms with Crippen LogP contribution in [-0.2, 0) is 11.3 Å². The number of imidazole rings is 1. The summed E-state index contributed by atoms with van der Waals surface area (Å²) < 4.78 is 2.05. The van der Waals surface area contributed by atoms with E-state index >= 15 is 0 Å². The van der Waals surface area contributed by atoms with Crippen LogP contribution in [0, 0.1) is 0 Å². The summed E-state index contributed by atoms with van der Waals surface area (Å²) in [6, 6.07) is 0. The zero-order chi connectivity index (χ0) is 12.7. The molecule has 5 heteroatoms. The lowest BCUT2D eigenvalue weighted by atomic mass is 9.99. The number of hydrogen-bond acceptors (Lipinski definition) is 3. The predicted molar refractivity (Wildman–Crippen MR) is 66.7 cm³/mol. The summed E-state index contributed by atoms with van der Waals surface area (Å²) in [5, 5.41) is 9.24. The maximum Gasteiger partial charge on any atom is 0.314 e. The highest BCUT2D eigenvalue weighted by atomic mass is 16.4. The van der Waals surface area contributed by atoms with Crippen molar-refractivity contribution >= 4 is 5.97 Å². The van der Waals surface area contributed by atoms with Crippen molar-refractivity contribution in [2.45, 2.75) is 37.6 Å². The van der Waals surface area contributed by atoms with Gasteiger partial charge in [-0.15, -0.1) is 0 Å². The first kappa shape index (κ1) is 11.7. The van der Waals surface area contributed by atoms with E-state index in [1.807, 2.05) is 0 Å². The fourth-order valence-corrected chi connectivity index (χ4v) is 3.11. The number of rotatable bonds is 2. The van der Waals surface area contributed by atoms with Crippen LogP contribution in [0.1, 0.15) is 42.6 Å². The summed E-state index contributed by atoms with van der Waals surface area (Å²) in [6.45, 7) is 3.05. The molecule has 0 aromatic carbocycles. The molecule has 0 bridgehead atoms. The first-order valence-corrected chi connectivity index (χ1v) is 6.63. The molecule has 98 valence electrons. The number of likely N-dealkylation sites (N-methyl/N-ethyl adjacent to an activating group) is 1. The quantitative estimate of drug-likeness (QED) is 0.857. The van der Waals surface area contributed by atoms with Crippen LogP contribution in [-0.4, -0.2) is 45.7 Å². The lowest BCUT2D eigenvalue weighted by Crippen LogP contribution is -2.22. The molecule has 2 atom stereocenters. The predicted octanol–water partition coefficient (Wildman–Crippen LogP) is 1.26. The Labute approximate surface area is 106 Å². The third kappa shape index (κ3) is 1.92. The highest BCUT2D eigenvalue weighted by Crippen LogP contribution is 2.31. The molecule has 0 amide bonds. The monoisotopic (exact) mass is 249 g/mol. The molecule has 1 saturated heterocycles. The second-order valence-electron chi connectivity index (χ2n) is 5.50. The van der Waals surface area contributed by atoms with Crippen LogP contribution in [0.25, 0.3) is 0 Å². The van der Waals surface area contributed by atoms with Crippen LogP contribution in [0.2, 0.25) is 0 Å². The minimum absolute atomic E-state index is 0.411. The van der Waals surface area contributed by atoms with Crippen molar-refractivity contribution in [3.05, 3.63) is 17.7 Å². The summed E-state index contributed by atoms with van der Waals surface area (Å²) >= 11 is 0. The van der Waals surface area contributed by atoms with E-state index in [4.69, 9.17) is 0 Å². The van der Waals surface area contributed by atoms with Gasteiger partial charge in [0.1, 0.15) is 11.7 Å². The van der Waals surface area contributed by atoms with Gasteiger partial charge >= 0.3 is 5.97 Å². The van der Waals surface area contributed by atoms with Gasteiger partial charge in [0.2, 0.25) is 0 Å². The van der Waals surface area contributed by atoms with Gasteiger partial charge in [-0.3, -0.25) is 4.79 Å². The number of carbonyl (C=O) groups is 1. The Morgan fingerprint density at radius 1 is 1.44 bits per heavy atom. The molecule has 1 fully saturated rings. The van der Waals surface area contributed by atoms with Crippen molar-refractivity contribution in [2.75, 3.05) is 20.1 Å². The minimum atomic E-state index is -0.739. The third-order valence-corrected chi connectivity index (χ3v) is 4.14. The van der Waals surface area contributed by atoms with E-state index in [0.717, 1.165) is 50.4 Å². The molecule has 0 radical (unpaired) electrons. The smallest absolute Gasteiger partial charge is 0.314 e. The zero-order valence-electron chi connectivity index (χ0n) is 10.7. The van der Waals surface area contributed by atoms with Crippen LogP contribution in [0.5, 0.6) is 0 Å². The normalized spacial score (nSPS) is 28.3. The van der Waals surface area contributed by atoms with Crippen molar-refractivity contribution in [1.82, 2.24) is 14.5 Å². The topological polar surface area (TPSA) is 58.4 Å². The van der Waals surface area contributed by atoms with E-state index in [2.05, 4.69) is 27.7 Å². The van der Waals surface area contributed by atoms with E-state index in [1.165, 1.54) is 0 Å². The van der Waals surface area contributed by atoms with Crippen LogP contribution < -0.4 is 0 Å². The zero-order valence-corrected chi connectivity index (χ0v) is 10.7. The first-order valence-electron chi connectivity index (χ1n) is 6.63. The molecule has 5 nitrogen and oxygen atoms in total. The molecule has 1 aromatic heterocycles. The van der Waals surface area contributed by atoms with Gasteiger partial charge in [0.15, 0.2) is 0 Å². The second-order valence-corrected chi connectivity index (χ2v) is 5.50. The molecule has 3 heterocycles. The molecule has 2 aliphatic rings. The number of fused-ring (bicyclic) bond motifs is 1. The lowest BCUT2D eigenvalue weighted by Gasteiger charge is -2.19. The maximum absolute atomic E-state index is 11.2. The molecule has 0 aliphatic carbocycles. The molecule has 0 spiro atoms. The number of likely N-dealkylation sites (tertiary alicyclic amines) is 1. The fraction of sp³-hybridized carbons (Fsp3) is 0.692. The number of carboxylic acid groups (broad SMARTS) is 1. The summed E-state index contributed by atoms with van der Waals surface area (Å²) in [6.07, 6.45) is 4.86. The van der Waals surface area contributed by atoms with Crippen molar-refractivity contribution in [2.24, 2.45) is 0 Å². The number of nitrogens with zero attached hydrogens (tertiary/aromatic N) is 3. The lowest BCUT2D eigenvalue weighted by molar-refractivity contribution is -0.139. The summed E-state index contributed by atoms with van der Waals surface area (Å²) in [5.41, 5.74) is 1.09. The SMILES string of the molecule is CN1CCC(c2cn3c(n2)C(C(=O)O)CCC3)C1. The molecular formula is C13H19N3O2. The number of carboxylic acids is 1.